The number of anilines is 1. The summed E-state index contributed by atoms with van der Waals surface area (Å²) < 4.78 is 0. The second-order valence-corrected chi connectivity index (χ2v) is 7.88. The van der Waals surface area contributed by atoms with E-state index in [0.29, 0.717) is 11.1 Å². The van der Waals surface area contributed by atoms with Crippen molar-refractivity contribution in [2.75, 3.05) is 5.32 Å². The second-order valence-electron chi connectivity index (χ2n) is 7.88. The maximum Gasteiger partial charge on any atom is 0.292 e. The van der Waals surface area contributed by atoms with Crippen LogP contribution in [0.25, 0.3) is 10.8 Å². The van der Waals surface area contributed by atoms with Gasteiger partial charge in [-0.25, -0.2) is 5.10 Å². The van der Waals surface area contributed by atoms with E-state index in [9.17, 15) is 14.9 Å². The van der Waals surface area contributed by atoms with Gasteiger partial charge in [0, 0.05) is 17.5 Å². The molecule has 4 rings (SSSR count). The number of H-pyrrole nitrogens is 1. The molecule has 0 saturated heterocycles. The first-order valence-corrected chi connectivity index (χ1v) is 9.41. The number of nitro groups is 1. The Morgan fingerprint density at radius 3 is 2.61 bits per heavy atom. The third-order valence-corrected chi connectivity index (χ3v) is 5.68. The Labute approximate surface area is 161 Å². The molecule has 0 bridgehead atoms. The monoisotopic (exact) mass is 378 g/mol. The highest BCUT2D eigenvalue weighted by Gasteiger charge is 2.40. The first-order valence-electron chi connectivity index (χ1n) is 9.41. The highest BCUT2D eigenvalue weighted by molar-refractivity contribution is 5.83. The van der Waals surface area contributed by atoms with Crippen LogP contribution in [0.1, 0.15) is 31.9 Å². The number of fused-ring (bicyclic) bond motifs is 1. The van der Waals surface area contributed by atoms with Crippen molar-refractivity contribution >= 4 is 22.1 Å². The number of hydrogen-bond donors (Lipinski definition) is 2. The zero-order valence-electron chi connectivity index (χ0n) is 15.6. The summed E-state index contributed by atoms with van der Waals surface area (Å²) in [7, 11) is 0. The third kappa shape index (κ3) is 3.47. The molecule has 0 aliphatic heterocycles. The Morgan fingerprint density at radius 2 is 1.86 bits per heavy atom. The summed E-state index contributed by atoms with van der Waals surface area (Å²) in [5.41, 5.74) is 1.59. The quantitative estimate of drug-likeness (QED) is 0.498. The molecular formula is C21H22N4O3. The van der Waals surface area contributed by atoms with Crippen molar-refractivity contribution in [2.45, 2.75) is 38.6 Å². The van der Waals surface area contributed by atoms with E-state index in [1.807, 2.05) is 24.3 Å². The zero-order chi connectivity index (χ0) is 19.7. The number of benzene rings is 2. The Kier molecular flexibility index (Phi) is 4.58. The molecule has 0 radical (unpaired) electrons. The highest BCUT2D eigenvalue weighted by Crippen LogP contribution is 2.46. The van der Waals surface area contributed by atoms with Gasteiger partial charge in [0.25, 0.3) is 11.2 Å². The minimum Gasteiger partial charge on any atom is -0.377 e. The molecule has 0 amide bonds. The lowest BCUT2D eigenvalue weighted by Crippen LogP contribution is -2.43. The van der Waals surface area contributed by atoms with Gasteiger partial charge in [0.1, 0.15) is 5.69 Å². The Morgan fingerprint density at radius 1 is 1.18 bits per heavy atom. The van der Waals surface area contributed by atoms with Gasteiger partial charge in [-0.2, -0.15) is 5.10 Å². The van der Waals surface area contributed by atoms with Gasteiger partial charge in [0.05, 0.1) is 16.0 Å². The van der Waals surface area contributed by atoms with E-state index < -0.39 is 0 Å². The van der Waals surface area contributed by atoms with Crippen LogP contribution in [0, 0.1) is 15.5 Å². The molecule has 7 nitrogen and oxygen atoms in total. The van der Waals surface area contributed by atoms with Crippen molar-refractivity contribution < 1.29 is 4.92 Å². The zero-order valence-corrected chi connectivity index (χ0v) is 15.6. The fraction of sp³-hybridized carbons (Fsp3) is 0.333. The molecule has 1 aliphatic carbocycles. The third-order valence-electron chi connectivity index (χ3n) is 5.68. The molecule has 144 valence electrons. The van der Waals surface area contributed by atoms with E-state index in [0.717, 1.165) is 36.8 Å². The van der Waals surface area contributed by atoms with Gasteiger partial charge in [-0.15, -0.1) is 0 Å². The summed E-state index contributed by atoms with van der Waals surface area (Å²) in [6.45, 7) is 2.23. The SMILES string of the molecule is CC1(CCc2n[nH]c(=O)c3ccccc23)CC(Nc2ccccc2[N+](=O)[O-])C1. The number of hydrogen-bond acceptors (Lipinski definition) is 5. The van der Waals surface area contributed by atoms with Crippen molar-refractivity contribution in [3.8, 4) is 0 Å². The van der Waals surface area contributed by atoms with Crippen LogP contribution < -0.4 is 10.9 Å². The summed E-state index contributed by atoms with van der Waals surface area (Å²) in [5.74, 6) is 0. The van der Waals surface area contributed by atoms with E-state index >= 15 is 0 Å². The predicted octanol–water partition coefficient (Wildman–Crippen LogP) is 4.04. The molecular weight excluding hydrogens is 356 g/mol. The van der Waals surface area contributed by atoms with Crippen molar-refractivity contribution in [3.63, 3.8) is 0 Å². The standard InChI is InChI=1S/C21H22N4O3/c1-21(11-10-17-15-6-2-3-7-16(15)20(26)24-23-17)12-14(13-21)22-18-8-4-5-9-19(18)25(27)28/h2-9,14,22H,10-13H2,1H3,(H,24,26). The van der Waals surface area contributed by atoms with Crippen LogP contribution in [0.4, 0.5) is 11.4 Å². The van der Waals surface area contributed by atoms with Crippen molar-refractivity contribution in [1.82, 2.24) is 10.2 Å². The molecule has 2 N–H and O–H groups in total. The van der Waals surface area contributed by atoms with E-state index in [-0.39, 0.29) is 27.6 Å². The molecule has 1 saturated carbocycles. The molecule has 0 atom stereocenters. The van der Waals surface area contributed by atoms with Gasteiger partial charge in [-0.3, -0.25) is 14.9 Å². The van der Waals surface area contributed by atoms with Crippen molar-refractivity contribution in [3.05, 3.63) is 74.7 Å². The molecule has 0 spiro atoms. The first-order chi connectivity index (χ1) is 13.5. The summed E-state index contributed by atoms with van der Waals surface area (Å²) in [4.78, 5) is 22.7. The van der Waals surface area contributed by atoms with Crippen LogP contribution in [0.15, 0.2) is 53.3 Å². The van der Waals surface area contributed by atoms with Gasteiger partial charge in [0.15, 0.2) is 0 Å². The smallest absolute Gasteiger partial charge is 0.292 e. The van der Waals surface area contributed by atoms with Crippen LogP contribution in [-0.2, 0) is 6.42 Å². The first kappa shape index (κ1) is 18.2. The van der Waals surface area contributed by atoms with Gasteiger partial charge in [0.2, 0.25) is 0 Å². The van der Waals surface area contributed by atoms with E-state index in [2.05, 4.69) is 22.4 Å². The minimum absolute atomic E-state index is 0.111. The maximum absolute atomic E-state index is 11.9. The van der Waals surface area contributed by atoms with E-state index in [4.69, 9.17) is 0 Å². The predicted molar refractivity (Wildman–Crippen MR) is 109 cm³/mol. The van der Waals surface area contributed by atoms with Gasteiger partial charge in [-0.1, -0.05) is 37.3 Å². The van der Waals surface area contributed by atoms with Crippen molar-refractivity contribution in [2.24, 2.45) is 5.41 Å². The summed E-state index contributed by atoms with van der Waals surface area (Å²) in [6.07, 6.45) is 3.62. The van der Waals surface area contributed by atoms with Crippen LogP contribution in [0.5, 0.6) is 0 Å². The molecule has 28 heavy (non-hydrogen) atoms. The number of rotatable bonds is 6. The Bertz CT molecular complexity index is 1090. The summed E-state index contributed by atoms with van der Waals surface area (Å²) in [5, 5.41) is 22.9. The van der Waals surface area contributed by atoms with Gasteiger partial charge < -0.3 is 5.32 Å². The molecule has 7 heteroatoms. The molecule has 0 unspecified atom stereocenters. The number of aromatic nitrogens is 2. The average molecular weight is 378 g/mol. The van der Waals surface area contributed by atoms with Crippen molar-refractivity contribution in [1.29, 1.82) is 0 Å². The minimum atomic E-state index is -0.354. The largest absolute Gasteiger partial charge is 0.377 e. The lowest BCUT2D eigenvalue weighted by Gasteiger charge is -2.46. The second kappa shape index (κ2) is 7.07. The number of nitrogens with one attached hydrogen (secondary N) is 2. The number of aromatic amines is 1. The Hall–Kier alpha value is -3.22. The highest BCUT2D eigenvalue weighted by atomic mass is 16.6. The fourth-order valence-electron chi connectivity index (χ4n) is 4.19. The van der Waals surface area contributed by atoms with Crippen LogP contribution in [-0.4, -0.2) is 21.2 Å². The number of nitrogens with zero attached hydrogens (tertiary/aromatic N) is 2. The Balaban J connectivity index is 1.40. The van der Waals surface area contributed by atoms with E-state index in [1.165, 1.54) is 6.07 Å². The molecule has 1 aromatic heterocycles. The lowest BCUT2D eigenvalue weighted by molar-refractivity contribution is -0.384. The summed E-state index contributed by atoms with van der Waals surface area (Å²) >= 11 is 0. The molecule has 1 fully saturated rings. The fourth-order valence-corrected chi connectivity index (χ4v) is 4.19. The van der Waals surface area contributed by atoms with Crippen LogP contribution >= 0.6 is 0 Å². The number of aryl methyl sites for hydroxylation is 1. The van der Waals surface area contributed by atoms with E-state index in [1.54, 1.807) is 18.2 Å². The number of nitro benzene ring substituents is 1. The molecule has 2 aromatic carbocycles. The molecule has 3 aromatic rings. The maximum atomic E-state index is 11.9. The van der Waals surface area contributed by atoms with Crippen LogP contribution in [0.2, 0.25) is 0 Å². The number of para-hydroxylation sites is 2. The normalized spacial score (nSPS) is 21.2. The summed E-state index contributed by atoms with van der Waals surface area (Å²) in [6, 6.07) is 14.5. The van der Waals surface area contributed by atoms with Gasteiger partial charge in [-0.05, 0) is 43.2 Å². The molecule has 1 heterocycles. The lowest BCUT2D eigenvalue weighted by atomic mass is 9.64. The van der Waals surface area contributed by atoms with Gasteiger partial charge >= 0.3 is 0 Å². The molecule has 1 aliphatic rings. The van der Waals surface area contributed by atoms with Crippen LogP contribution in [0.3, 0.4) is 0 Å². The average Bonchev–Trinajstić information content (AvgIpc) is 2.67. The topological polar surface area (TPSA) is 101 Å².